The lowest BCUT2D eigenvalue weighted by molar-refractivity contribution is -0.119. The van der Waals surface area contributed by atoms with Gasteiger partial charge in [0.25, 0.3) is 5.91 Å². The van der Waals surface area contributed by atoms with Gasteiger partial charge in [-0.05, 0) is 55.7 Å². The predicted molar refractivity (Wildman–Crippen MR) is 105 cm³/mol. The van der Waals surface area contributed by atoms with Crippen LogP contribution in [-0.4, -0.2) is 23.0 Å². The molecule has 0 aromatic heterocycles. The molecule has 2 rings (SSSR count). The molecular weight excluding hydrogens is 334 g/mol. The molecular formula is C19H27N3O2S. The van der Waals surface area contributed by atoms with E-state index in [0.29, 0.717) is 18.0 Å². The number of rotatable bonds is 6. The summed E-state index contributed by atoms with van der Waals surface area (Å²) in [5.41, 5.74) is 1.38. The molecule has 0 radical (unpaired) electrons. The van der Waals surface area contributed by atoms with Gasteiger partial charge in [0.1, 0.15) is 0 Å². The first-order valence-corrected chi connectivity index (χ1v) is 9.51. The van der Waals surface area contributed by atoms with Crippen molar-refractivity contribution in [1.82, 2.24) is 10.6 Å². The van der Waals surface area contributed by atoms with Gasteiger partial charge in [-0.2, -0.15) is 0 Å². The van der Waals surface area contributed by atoms with Gasteiger partial charge in [-0.25, -0.2) is 0 Å². The van der Waals surface area contributed by atoms with E-state index in [1.165, 1.54) is 19.3 Å². The summed E-state index contributed by atoms with van der Waals surface area (Å²) in [6.07, 6.45) is 8.07. The second kappa shape index (κ2) is 10.1. The summed E-state index contributed by atoms with van der Waals surface area (Å²) >= 11 is 5.13. The first-order valence-electron chi connectivity index (χ1n) is 9.10. The number of hydrogen-bond donors (Lipinski definition) is 3. The molecule has 2 amide bonds. The number of carbonyl (C=O) groups excluding carboxylic acids is 2. The SMILES string of the molecule is CCCCC(=O)NC(=S)Nc1ccc(C(=O)NC2CCCCC2)cc1. The largest absolute Gasteiger partial charge is 0.349 e. The van der Waals surface area contributed by atoms with Crippen molar-refractivity contribution in [3.63, 3.8) is 0 Å². The Morgan fingerprint density at radius 1 is 1.12 bits per heavy atom. The molecule has 0 saturated heterocycles. The lowest BCUT2D eigenvalue weighted by Gasteiger charge is -2.22. The third-order valence-corrected chi connectivity index (χ3v) is 4.56. The summed E-state index contributed by atoms with van der Waals surface area (Å²) in [7, 11) is 0. The summed E-state index contributed by atoms with van der Waals surface area (Å²) in [6.45, 7) is 2.04. The van der Waals surface area contributed by atoms with Gasteiger partial charge in [0.15, 0.2) is 5.11 Å². The Bertz CT molecular complexity index is 595. The third-order valence-electron chi connectivity index (χ3n) is 4.36. The Morgan fingerprint density at radius 3 is 2.44 bits per heavy atom. The predicted octanol–water partition coefficient (Wildman–Crippen LogP) is 3.75. The van der Waals surface area contributed by atoms with Gasteiger partial charge in [-0.1, -0.05) is 32.6 Å². The molecule has 0 atom stereocenters. The molecule has 1 fully saturated rings. The average molecular weight is 362 g/mol. The fraction of sp³-hybridized carbons (Fsp3) is 0.526. The molecule has 3 N–H and O–H groups in total. The third kappa shape index (κ3) is 6.82. The van der Waals surface area contributed by atoms with Crippen molar-refractivity contribution in [3.8, 4) is 0 Å². The van der Waals surface area contributed by atoms with E-state index in [1.807, 2.05) is 6.92 Å². The molecule has 1 aromatic rings. The zero-order chi connectivity index (χ0) is 18.1. The highest BCUT2D eigenvalue weighted by Gasteiger charge is 2.16. The van der Waals surface area contributed by atoms with Crippen LogP contribution in [0.3, 0.4) is 0 Å². The van der Waals surface area contributed by atoms with Crippen molar-refractivity contribution in [2.45, 2.75) is 64.3 Å². The molecule has 0 bridgehead atoms. The number of unbranched alkanes of at least 4 members (excludes halogenated alkanes) is 1. The number of hydrogen-bond acceptors (Lipinski definition) is 3. The van der Waals surface area contributed by atoms with Crippen LogP contribution in [0.25, 0.3) is 0 Å². The van der Waals surface area contributed by atoms with Gasteiger partial charge in [-0.15, -0.1) is 0 Å². The first kappa shape index (κ1) is 19.4. The summed E-state index contributed by atoms with van der Waals surface area (Å²) in [5, 5.41) is 9.00. The van der Waals surface area contributed by atoms with E-state index < -0.39 is 0 Å². The highest BCUT2D eigenvalue weighted by atomic mass is 32.1. The van der Waals surface area contributed by atoms with E-state index in [2.05, 4.69) is 16.0 Å². The summed E-state index contributed by atoms with van der Waals surface area (Å²) < 4.78 is 0. The fourth-order valence-electron chi connectivity index (χ4n) is 2.91. The van der Waals surface area contributed by atoms with Crippen LogP contribution in [0, 0.1) is 0 Å². The minimum atomic E-state index is -0.0807. The van der Waals surface area contributed by atoms with Crippen LogP contribution >= 0.6 is 12.2 Å². The van der Waals surface area contributed by atoms with E-state index in [1.54, 1.807) is 24.3 Å². The Kier molecular flexibility index (Phi) is 7.85. The standard InChI is InChI=1S/C19H27N3O2S/c1-2-3-9-17(23)22-19(25)21-16-12-10-14(11-13-16)18(24)20-15-7-5-4-6-8-15/h10-13,15H,2-9H2,1H3,(H,20,24)(H2,21,22,23,25). The number of carbonyl (C=O) groups is 2. The van der Waals surface area contributed by atoms with Crippen LogP contribution < -0.4 is 16.0 Å². The van der Waals surface area contributed by atoms with Gasteiger partial charge in [0, 0.05) is 23.7 Å². The number of thiocarbonyl (C=S) groups is 1. The molecule has 0 aliphatic heterocycles. The van der Waals surface area contributed by atoms with Crippen molar-refractivity contribution < 1.29 is 9.59 Å². The minimum absolute atomic E-state index is 0.0334. The van der Waals surface area contributed by atoms with Crippen molar-refractivity contribution in [3.05, 3.63) is 29.8 Å². The highest BCUT2D eigenvalue weighted by molar-refractivity contribution is 7.80. The number of amides is 2. The lowest BCUT2D eigenvalue weighted by Crippen LogP contribution is -2.36. The fourth-order valence-corrected chi connectivity index (χ4v) is 3.14. The maximum Gasteiger partial charge on any atom is 0.251 e. The van der Waals surface area contributed by atoms with Gasteiger partial charge in [0.2, 0.25) is 5.91 Å². The molecule has 1 aromatic carbocycles. The van der Waals surface area contributed by atoms with E-state index in [9.17, 15) is 9.59 Å². The summed E-state index contributed by atoms with van der Waals surface area (Å²) in [5.74, 6) is -0.114. The van der Waals surface area contributed by atoms with Crippen molar-refractivity contribution in [2.75, 3.05) is 5.32 Å². The number of anilines is 1. The van der Waals surface area contributed by atoms with Gasteiger partial charge in [0.05, 0.1) is 0 Å². The van der Waals surface area contributed by atoms with E-state index in [0.717, 1.165) is 31.4 Å². The molecule has 0 heterocycles. The molecule has 1 aliphatic carbocycles. The monoisotopic (exact) mass is 361 g/mol. The first-order chi connectivity index (χ1) is 12.1. The van der Waals surface area contributed by atoms with Crippen molar-refractivity contribution in [1.29, 1.82) is 0 Å². The highest BCUT2D eigenvalue weighted by Crippen LogP contribution is 2.18. The molecule has 0 unspecified atom stereocenters. The molecule has 6 heteroatoms. The van der Waals surface area contributed by atoms with E-state index in [-0.39, 0.29) is 16.9 Å². The zero-order valence-electron chi connectivity index (χ0n) is 14.8. The molecule has 1 aliphatic rings. The van der Waals surface area contributed by atoms with Gasteiger partial charge >= 0.3 is 0 Å². The van der Waals surface area contributed by atoms with E-state index in [4.69, 9.17) is 12.2 Å². The summed E-state index contributed by atoms with van der Waals surface area (Å²) in [6, 6.07) is 7.41. The normalized spacial score (nSPS) is 14.6. The van der Waals surface area contributed by atoms with Crippen LogP contribution in [0.1, 0.15) is 68.6 Å². The Labute approximate surface area is 155 Å². The summed E-state index contributed by atoms with van der Waals surface area (Å²) in [4.78, 5) is 23.9. The van der Waals surface area contributed by atoms with Crippen LogP contribution in [-0.2, 0) is 4.79 Å². The maximum absolute atomic E-state index is 12.3. The molecule has 0 spiro atoms. The van der Waals surface area contributed by atoms with Crippen LogP contribution in [0.5, 0.6) is 0 Å². The minimum Gasteiger partial charge on any atom is -0.349 e. The second-order valence-electron chi connectivity index (χ2n) is 6.49. The van der Waals surface area contributed by atoms with Crippen LogP contribution in [0.15, 0.2) is 24.3 Å². The quantitative estimate of drug-likeness (QED) is 0.675. The molecule has 136 valence electrons. The Balaban J connectivity index is 1.81. The molecule has 5 nitrogen and oxygen atoms in total. The molecule has 25 heavy (non-hydrogen) atoms. The van der Waals surface area contributed by atoms with Gasteiger partial charge in [-0.3, -0.25) is 9.59 Å². The smallest absolute Gasteiger partial charge is 0.251 e. The average Bonchev–Trinajstić information content (AvgIpc) is 2.61. The Hall–Kier alpha value is -1.95. The maximum atomic E-state index is 12.3. The van der Waals surface area contributed by atoms with Crippen molar-refractivity contribution >= 4 is 34.8 Å². The number of nitrogens with one attached hydrogen (secondary N) is 3. The Morgan fingerprint density at radius 2 is 1.80 bits per heavy atom. The van der Waals surface area contributed by atoms with Crippen LogP contribution in [0.4, 0.5) is 5.69 Å². The van der Waals surface area contributed by atoms with Crippen molar-refractivity contribution in [2.24, 2.45) is 0 Å². The zero-order valence-corrected chi connectivity index (χ0v) is 15.6. The number of benzene rings is 1. The molecule has 1 saturated carbocycles. The topological polar surface area (TPSA) is 70.2 Å². The second-order valence-corrected chi connectivity index (χ2v) is 6.90. The van der Waals surface area contributed by atoms with Gasteiger partial charge < -0.3 is 16.0 Å². The van der Waals surface area contributed by atoms with Crippen LogP contribution in [0.2, 0.25) is 0 Å². The van der Waals surface area contributed by atoms with E-state index >= 15 is 0 Å². The lowest BCUT2D eigenvalue weighted by atomic mass is 9.95.